The average molecular weight is 282 g/mol. The summed E-state index contributed by atoms with van der Waals surface area (Å²) in [5.41, 5.74) is 2.67. The summed E-state index contributed by atoms with van der Waals surface area (Å²) in [4.78, 5) is 2.59. The Bertz CT molecular complexity index is 553. The van der Waals surface area contributed by atoms with E-state index in [-0.39, 0.29) is 0 Å². The van der Waals surface area contributed by atoms with E-state index in [0.717, 1.165) is 17.7 Å². The fourth-order valence-corrected chi connectivity index (χ4v) is 3.19. The van der Waals surface area contributed by atoms with E-state index in [1.54, 1.807) is 12.4 Å². The molecule has 1 aromatic heterocycles. The number of piperidine rings is 1. The molecular formula is C18H22N2O. The quantitative estimate of drug-likeness (QED) is 0.637. The normalized spacial score (nSPS) is 19.5. The molecule has 1 atom stereocenters. The summed E-state index contributed by atoms with van der Waals surface area (Å²) in [7, 11) is 0. The second-order valence-electron chi connectivity index (χ2n) is 5.77. The van der Waals surface area contributed by atoms with Gasteiger partial charge in [-0.2, -0.15) is 4.73 Å². The van der Waals surface area contributed by atoms with Crippen LogP contribution in [0, 0.1) is 5.21 Å². The Kier molecular flexibility index (Phi) is 4.51. The second-order valence-corrected chi connectivity index (χ2v) is 5.77. The minimum Gasteiger partial charge on any atom is -0.619 e. The standard InChI is InChI=1S/C18H22N2O/c21-20-14-10-16(11-15-20)9-13-19-12-5-4-8-18(19)17-6-2-1-3-7-17/h1-3,6-7,10-11,14-15,18H,4-5,8-9,12-13H2. The molecule has 3 rings (SSSR count). The van der Waals surface area contributed by atoms with E-state index in [9.17, 15) is 5.21 Å². The molecule has 0 amide bonds. The number of hydrogen-bond acceptors (Lipinski definition) is 2. The Balaban J connectivity index is 1.66. The molecule has 0 saturated carbocycles. The van der Waals surface area contributed by atoms with Crippen molar-refractivity contribution in [3.8, 4) is 0 Å². The molecule has 1 unspecified atom stereocenters. The Hall–Kier alpha value is -1.87. The predicted molar refractivity (Wildman–Crippen MR) is 83.7 cm³/mol. The average Bonchev–Trinajstić information content (AvgIpc) is 2.55. The van der Waals surface area contributed by atoms with E-state index in [4.69, 9.17) is 0 Å². The van der Waals surface area contributed by atoms with Crippen molar-refractivity contribution in [1.82, 2.24) is 4.90 Å². The number of pyridine rings is 1. The first-order chi connectivity index (χ1) is 10.3. The zero-order chi connectivity index (χ0) is 14.5. The summed E-state index contributed by atoms with van der Waals surface area (Å²) in [5.74, 6) is 0. The predicted octanol–water partition coefficient (Wildman–Crippen LogP) is 3.09. The summed E-state index contributed by atoms with van der Waals surface area (Å²) in [5, 5.41) is 11.1. The van der Waals surface area contributed by atoms with Gasteiger partial charge in [-0.3, -0.25) is 4.90 Å². The fraction of sp³-hybridized carbons (Fsp3) is 0.389. The molecule has 2 heterocycles. The van der Waals surface area contributed by atoms with Crippen LogP contribution in [-0.2, 0) is 6.42 Å². The second kappa shape index (κ2) is 6.72. The number of hydrogen-bond donors (Lipinski definition) is 0. The van der Waals surface area contributed by atoms with Crippen molar-refractivity contribution in [3.05, 3.63) is 71.2 Å². The van der Waals surface area contributed by atoms with Crippen LogP contribution < -0.4 is 4.73 Å². The van der Waals surface area contributed by atoms with Gasteiger partial charge < -0.3 is 5.21 Å². The smallest absolute Gasteiger partial charge is 0.180 e. The lowest BCUT2D eigenvalue weighted by atomic mass is 9.95. The van der Waals surface area contributed by atoms with E-state index in [1.807, 2.05) is 12.1 Å². The highest BCUT2D eigenvalue weighted by Gasteiger charge is 2.23. The molecule has 0 bridgehead atoms. The molecule has 110 valence electrons. The number of nitrogens with zero attached hydrogens (tertiary/aromatic N) is 2. The van der Waals surface area contributed by atoms with Gasteiger partial charge in [0.1, 0.15) is 0 Å². The third-order valence-corrected chi connectivity index (χ3v) is 4.36. The highest BCUT2D eigenvalue weighted by atomic mass is 16.5. The zero-order valence-corrected chi connectivity index (χ0v) is 12.3. The maximum Gasteiger partial charge on any atom is 0.180 e. The van der Waals surface area contributed by atoms with Crippen molar-refractivity contribution < 1.29 is 4.73 Å². The lowest BCUT2D eigenvalue weighted by molar-refractivity contribution is -0.605. The monoisotopic (exact) mass is 282 g/mol. The third-order valence-electron chi connectivity index (χ3n) is 4.36. The van der Waals surface area contributed by atoms with Crippen LogP contribution in [0.5, 0.6) is 0 Å². The van der Waals surface area contributed by atoms with E-state index in [1.165, 1.54) is 36.9 Å². The molecule has 1 fully saturated rings. The number of benzene rings is 1. The van der Waals surface area contributed by atoms with Crippen LogP contribution >= 0.6 is 0 Å². The molecule has 1 aliphatic rings. The van der Waals surface area contributed by atoms with Gasteiger partial charge in [0.05, 0.1) is 0 Å². The SMILES string of the molecule is [O-][n+]1ccc(CCN2CCCCC2c2ccccc2)cc1. The first-order valence-electron chi connectivity index (χ1n) is 7.79. The Morgan fingerprint density at radius 1 is 1.05 bits per heavy atom. The van der Waals surface area contributed by atoms with E-state index in [0.29, 0.717) is 6.04 Å². The third kappa shape index (κ3) is 3.61. The van der Waals surface area contributed by atoms with Gasteiger partial charge in [-0.05, 0) is 36.9 Å². The van der Waals surface area contributed by atoms with Gasteiger partial charge in [-0.15, -0.1) is 0 Å². The van der Waals surface area contributed by atoms with E-state index < -0.39 is 0 Å². The van der Waals surface area contributed by atoms with Crippen molar-refractivity contribution in [3.63, 3.8) is 0 Å². The Labute approximate surface area is 126 Å². The lowest BCUT2D eigenvalue weighted by Gasteiger charge is -2.36. The summed E-state index contributed by atoms with van der Waals surface area (Å²) < 4.78 is 0.844. The molecule has 2 aromatic rings. The minimum atomic E-state index is 0.549. The topological polar surface area (TPSA) is 30.2 Å². The Morgan fingerprint density at radius 3 is 2.57 bits per heavy atom. The molecule has 0 spiro atoms. The van der Waals surface area contributed by atoms with Crippen molar-refractivity contribution in [1.29, 1.82) is 0 Å². The Morgan fingerprint density at radius 2 is 1.81 bits per heavy atom. The van der Waals surface area contributed by atoms with Crippen LogP contribution in [0.3, 0.4) is 0 Å². The van der Waals surface area contributed by atoms with Crippen molar-refractivity contribution >= 4 is 0 Å². The van der Waals surface area contributed by atoms with Gasteiger partial charge in [-0.25, -0.2) is 0 Å². The van der Waals surface area contributed by atoms with Crippen LogP contribution in [0.15, 0.2) is 54.9 Å². The first kappa shape index (κ1) is 14.1. The molecule has 1 aromatic carbocycles. The molecule has 3 nitrogen and oxygen atoms in total. The van der Waals surface area contributed by atoms with Gasteiger partial charge in [0, 0.05) is 24.7 Å². The van der Waals surface area contributed by atoms with Crippen LogP contribution in [-0.4, -0.2) is 18.0 Å². The van der Waals surface area contributed by atoms with Gasteiger partial charge >= 0.3 is 0 Å². The van der Waals surface area contributed by atoms with Crippen LogP contribution in [0.1, 0.15) is 36.4 Å². The molecule has 0 radical (unpaired) electrons. The van der Waals surface area contributed by atoms with Crippen molar-refractivity contribution in [2.75, 3.05) is 13.1 Å². The molecule has 1 aliphatic heterocycles. The summed E-state index contributed by atoms with van der Waals surface area (Å²) in [6.45, 7) is 2.23. The first-order valence-corrected chi connectivity index (χ1v) is 7.79. The van der Waals surface area contributed by atoms with Crippen LogP contribution in [0.2, 0.25) is 0 Å². The molecule has 0 aliphatic carbocycles. The van der Waals surface area contributed by atoms with Crippen LogP contribution in [0.4, 0.5) is 0 Å². The number of likely N-dealkylation sites (tertiary alicyclic amines) is 1. The van der Waals surface area contributed by atoms with Crippen molar-refractivity contribution in [2.45, 2.75) is 31.7 Å². The minimum absolute atomic E-state index is 0.549. The molecule has 0 N–H and O–H groups in total. The maximum atomic E-state index is 11.1. The van der Waals surface area contributed by atoms with Gasteiger partial charge in [0.2, 0.25) is 0 Å². The zero-order valence-electron chi connectivity index (χ0n) is 12.3. The van der Waals surface area contributed by atoms with Crippen LogP contribution in [0.25, 0.3) is 0 Å². The highest BCUT2D eigenvalue weighted by Crippen LogP contribution is 2.30. The fourth-order valence-electron chi connectivity index (χ4n) is 3.19. The highest BCUT2D eigenvalue weighted by molar-refractivity contribution is 5.19. The molecule has 1 saturated heterocycles. The summed E-state index contributed by atoms with van der Waals surface area (Å²) >= 11 is 0. The molecular weight excluding hydrogens is 260 g/mol. The lowest BCUT2D eigenvalue weighted by Crippen LogP contribution is -2.35. The van der Waals surface area contributed by atoms with Crippen molar-refractivity contribution in [2.24, 2.45) is 0 Å². The largest absolute Gasteiger partial charge is 0.619 e. The van der Waals surface area contributed by atoms with E-state index in [2.05, 4.69) is 35.2 Å². The number of aromatic nitrogens is 1. The number of rotatable bonds is 4. The van der Waals surface area contributed by atoms with E-state index >= 15 is 0 Å². The van der Waals surface area contributed by atoms with Gasteiger partial charge in [0.15, 0.2) is 12.4 Å². The summed E-state index contributed by atoms with van der Waals surface area (Å²) in [6, 6.07) is 15.2. The van der Waals surface area contributed by atoms with Gasteiger partial charge in [0.25, 0.3) is 0 Å². The summed E-state index contributed by atoms with van der Waals surface area (Å²) in [6.07, 6.45) is 8.03. The molecule has 21 heavy (non-hydrogen) atoms. The molecule has 3 heteroatoms. The van der Waals surface area contributed by atoms with Gasteiger partial charge in [-0.1, -0.05) is 36.8 Å². The maximum absolute atomic E-state index is 11.1.